The van der Waals surface area contributed by atoms with Crippen LogP contribution in [0.25, 0.3) is 0 Å². The highest BCUT2D eigenvalue weighted by atomic mass is 79.9. The summed E-state index contributed by atoms with van der Waals surface area (Å²) in [5.41, 5.74) is 6.46. The molecule has 0 spiro atoms. The van der Waals surface area contributed by atoms with E-state index >= 15 is 0 Å². The standard InChI is InChI=1S/C10H16BrN3/c1-7(5-6-12)13-10-4-3-9(11)8(2)14-10/h3-4,7H,5-6,12H2,1-2H3,(H,13,14). The molecule has 1 aromatic rings. The van der Waals surface area contributed by atoms with Gasteiger partial charge < -0.3 is 11.1 Å². The number of nitrogens with one attached hydrogen (secondary N) is 1. The third kappa shape index (κ3) is 3.27. The zero-order valence-corrected chi connectivity index (χ0v) is 10.1. The smallest absolute Gasteiger partial charge is 0.126 e. The highest BCUT2D eigenvalue weighted by molar-refractivity contribution is 9.10. The molecule has 78 valence electrons. The fraction of sp³-hybridized carbons (Fsp3) is 0.500. The second kappa shape index (κ2) is 5.32. The third-order valence-corrected chi connectivity index (χ3v) is 2.85. The van der Waals surface area contributed by atoms with Crippen molar-refractivity contribution in [3.05, 3.63) is 22.3 Å². The minimum atomic E-state index is 0.369. The normalized spacial score (nSPS) is 12.6. The Bertz CT molecular complexity index is 301. The van der Waals surface area contributed by atoms with E-state index < -0.39 is 0 Å². The largest absolute Gasteiger partial charge is 0.368 e. The molecule has 3 N–H and O–H groups in total. The van der Waals surface area contributed by atoms with E-state index in [4.69, 9.17) is 5.73 Å². The van der Waals surface area contributed by atoms with Crippen molar-refractivity contribution in [2.24, 2.45) is 5.73 Å². The average Bonchev–Trinajstić information content (AvgIpc) is 2.12. The van der Waals surface area contributed by atoms with Crippen LogP contribution in [0.4, 0.5) is 5.82 Å². The highest BCUT2D eigenvalue weighted by Gasteiger charge is 2.02. The molecular formula is C10H16BrN3. The van der Waals surface area contributed by atoms with Gasteiger partial charge in [-0.25, -0.2) is 4.98 Å². The molecule has 0 aromatic carbocycles. The summed E-state index contributed by atoms with van der Waals surface area (Å²) >= 11 is 3.42. The summed E-state index contributed by atoms with van der Waals surface area (Å²) in [6, 6.07) is 4.33. The molecule has 0 radical (unpaired) electrons. The van der Waals surface area contributed by atoms with Crippen molar-refractivity contribution >= 4 is 21.7 Å². The zero-order chi connectivity index (χ0) is 10.6. The van der Waals surface area contributed by atoms with Crippen molar-refractivity contribution < 1.29 is 0 Å². The molecule has 0 aliphatic carbocycles. The SMILES string of the molecule is Cc1nc(NC(C)CCN)ccc1Br. The summed E-state index contributed by atoms with van der Waals surface area (Å²) in [6.07, 6.45) is 0.955. The van der Waals surface area contributed by atoms with E-state index in [1.165, 1.54) is 0 Å². The second-order valence-corrected chi connectivity index (χ2v) is 4.24. The summed E-state index contributed by atoms with van der Waals surface area (Å²) in [7, 11) is 0. The van der Waals surface area contributed by atoms with Gasteiger partial charge in [-0.3, -0.25) is 0 Å². The van der Waals surface area contributed by atoms with E-state index in [1.54, 1.807) is 0 Å². The van der Waals surface area contributed by atoms with E-state index in [2.05, 4.69) is 33.2 Å². The van der Waals surface area contributed by atoms with Gasteiger partial charge in [-0.15, -0.1) is 0 Å². The Balaban J connectivity index is 2.63. The van der Waals surface area contributed by atoms with Crippen molar-refractivity contribution in [1.82, 2.24) is 4.98 Å². The van der Waals surface area contributed by atoms with Gasteiger partial charge in [0.1, 0.15) is 5.82 Å². The fourth-order valence-electron chi connectivity index (χ4n) is 1.20. The lowest BCUT2D eigenvalue weighted by Gasteiger charge is -2.13. The Hall–Kier alpha value is -0.610. The average molecular weight is 258 g/mol. The predicted octanol–water partition coefficient (Wildman–Crippen LogP) is 2.30. The molecule has 0 saturated carbocycles. The molecule has 1 aromatic heterocycles. The van der Waals surface area contributed by atoms with Crippen molar-refractivity contribution in [2.45, 2.75) is 26.3 Å². The number of anilines is 1. The Morgan fingerprint density at radius 3 is 2.86 bits per heavy atom. The molecule has 0 aliphatic heterocycles. The van der Waals surface area contributed by atoms with Crippen LogP contribution < -0.4 is 11.1 Å². The first-order valence-electron chi connectivity index (χ1n) is 4.73. The van der Waals surface area contributed by atoms with Crippen LogP contribution in [0.15, 0.2) is 16.6 Å². The van der Waals surface area contributed by atoms with Gasteiger partial charge in [-0.1, -0.05) is 0 Å². The number of pyridine rings is 1. The molecular weight excluding hydrogens is 242 g/mol. The summed E-state index contributed by atoms with van der Waals surface area (Å²) in [4.78, 5) is 4.40. The molecule has 0 amide bonds. The molecule has 1 heterocycles. The third-order valence-electron chi connectivity index (χ3n) is 2.02. The molecule has 4 heteroatoms. The van der Waals surface area contributed by atoms with Gasteiger partial charge in [0, 0.05) is 10.5 Å². The Labute approximate surface area is 93.2 Å². The maximum absolute atomic E-state index is 5.47. The monoisotopic (exact) mass is 257 g/mol. The summed E-state index contributed by atoms with van der Waals surface area (Å²) in [5, 5.41) is 3.30. The predicted molar refractivity (Wildman–Crippen MR) is 63.4 cm³/mol. The lowest BCUT2D eigenvalue weighted by molar-refractivity contribution is 0.713. The first-order valence-corrected chi connectivity index (χ1v) is 5.52. The molecule has 0 saturated heterocycles. The Morgan fingerprint density at radius 1 is 1.57 bits per heavy atom. The number of hydrogen-bond donors (Lipinski definition) is 2. The number of nitrogens with two attached hydrogens (primary N) is 1. The topological polar surface area (TPSA) is 50.9 Å². The van der Waals surface area contributed by atoms with Gasteiger partial charge in [-0.05, 0) is 54.9 Å². The first kappa shape index (κ1) is 11.5. The highest BCUT2D eigenvalue weighted by Crippen LogP contribution is 2.16. The lowest BCUT2D eigenvalue weighted by Crippen LogP contribution is -2.20. The Morgan fingerprint density at radius 2 is 2.29 bits per heavy atom. The van der Waals surface area contributed by atoms with Gasteiger partial charge in [0.25, 0.3) is 0 Å². The number of hydrogen-bond acceptors (Lipinski definition) is 3. The fourth-order valence-corrected chi connectivity index (χ4v) is 1.42. The van der Waals surface area contributed by atoms with E-state index in [9.17, 15) is 0 Å². The molecule has 1 unspecified atom stereocenters. The van der Waals surface area contributed by atoms with Crippen molar-refractivity contribution in [1.29, 1.82) is 0 Å². The van der Waals surface area contributed by atoms with Gasteiger partial charge in [0.05, 0.1) is 5.69 Å². The van der Waals surface area contributed by atoms with E-state index in [0.29, 0.717) is 12.6 Å². The maximum atomic E-state index is 5.47. The molecule has 1 rings (SSSR count). The zero-order valence-electron chi connectivity index (χ0n) is 8.55. The summed E-state index contributed by atoms with van der Waals surface area (Å²) < 4.78 is 1.04. The number of rotatable bonds is 4. The minimum Gasteiger partial charge on any atom is -0.368 e. The van der Waals surface area contributed by atoms with E-state index in [-0.39, 0.29) is 0 Å². The van der Waals surface area contributed by atoms with Crippen LogP contribution in [-0.4, -0.2) is 17.6 Å². The number of halogens is 1. The Kier molecular flexibility index (Phi) is 4.35. The number of aromatic nitrogens is 1. The quantitative estimate of drug-likeness (QED) is 0.871. The van der Waals surface area contributed by atoms with Crippen LogP contribution in [0.3, 0.4) is 0 Å². The van der Waals surface area contributed by atoms with Crippen molar-refractivity contribution in [2.75, 3.05) is 11.9 Å². The van der Waals surface area contributed by atoms with Crippen molar-refractivity contribution in [3.63, 3.8) is 0 Å². The molecule has 3 nitrogen and oxygen atoms in total. The van der Waals surface area contributed by atoms with Crippen LogP contribution >= 0.6 is 15.9 Å². The van der Waals surface area contributed by atoms with Crippen LogP contribution in [0.1, 0.15) is 19.0 Å². The van der Waals surface area contributed by atoms with Crippen LogP contribution in [0, 0.1) is 6.92 Å². The van der Waals surface area contributed by atoms with Crippen LogP contribution in [-0.2, 0) is 0 Å². The minimum absolute atomic E-state index is 0.369. The van der Waals surface area contributed by atoms with Gasteiger partial charge in [-0.2, -0.15) is 0 Å². The van der Waals surface area contributed by atoms with Crippen molar-refractivity contribution in [3.8, 4) is 0 Å². The lowest BCUT2D eigenvalue weighted by atomic mass is 10.2. The summed E-state index contributed by atoms with van der Waals surface area (Å²) in [5.74, 6) is 0.909. The first-order chi connectivity index (χ1) is 6.63. The molecule has 0 aliphatic rings. The van der Waals surface area contributed by atoms with E-state index in [1.807, 2.05) is 19.1 Å². The van der Waals surface area contributed by atoms with Gasteiger partial charge >= 0.3 is 0 Å². The van der Waals surface area contributed by atoms with E-state index in [0.717, 1.165) is 22.4 Å². The summed E-state index contributed by atoms with van der Waals surface area (Å²) in [6.45, 7) is 4.78. The molecule has 0 fully saturated rings. The maximum Gasteiger partial charge on any atom is 0.126 e. The van der Waals surface area contributed by atoms with Crippen LogP contribution in [0.5, 0.6) is 0 Å². The molecule has 14 heavy (non-hydrogen) atoms. The molecule has 1 atom stereocenters. The molecule has 0 bridgehead atoms. The number of nitrogens with zero attached hydrogens (tertiary/aromatic N) is 1. The number of aryl methyl sites for hydroxylation is 1. The second-order valence-electron chi connectivity index (χ2n) is 3.39. The van der Waals surface area contributed by atoms with Crippen LogP contribution in [0.2, 0.25) is 0 Å². The van der Waals surface area contributed by atoms with Gasteiger partial charge in [0.15, 0.2) is 0 Å². The van der Waals surface area contributed by atoms with Gasteiger partial charge in [0.2, 0.25) is 0 Å².